The number of benzene rings is 2. The number of hydrogen-bond donors (Lipinski definition) is 2. The van der Waals surface area contributed by atoms with Gasteiger partial charge in [0.15, 0.2) is 0 Å². The van der Waals surface area contributed by atoms with Crippen LogP contribution >= 0.6 is 23.2 Å². The molecule has 0 spiro atoms. The first-order chi connectivity index (χ1) is 13.1. The van der Waals surface area contributed by atoms with E-state index in [4.69, 9.17) is 28.9 Å². The van der Waals surface area contributed by atoms with E-state index in [0.717, 1.165) is 10.6 Å². The monoisotopic (exact) mass is 443 g/mol. The highest BCUT2D eigenvalue weighted by molar-refractivity contribution is 7.92. The summed E-state index contributed by atoms with van der Waals surface area (Å²) in [7, 11) is -3.89. The van der Waals surface area contributed by atoms with Crippen molar-refractivity contribution in [3.05, 3.63) is 58.1 Å². The van der Waals surface area contributed by atoms with E-state index in [2.05, 4.69) is 5.32 Å². The molecule has 0 heterocycles. The highest BCUT2D eigenvalue weighted by Crippen LogP contribution is 2.33. The number of primary amides is 1. The number of nitrogens with zero attached hydrogens (tertiary/aromatic N) is 1. The summed E-state index contributed by atoms with van der Waals surface area (Å²) >= 11 is 12.2. The molecule has 0 radical (unpaired) electrons. The van der Waals surface area contributed by atoms with Gasteiger partial charge in [-0.25, -0.2) is 8.42 Å². The molecule has 2 aromatic rings. The summed E-state index contributed by atoms with van der Waals surface area (Å²) in [6, 6.07) is 9.38. The Morgan fingerprint density at radius 3 is 2.39 bits per heavy atom. The molecule has 0 saturated carbocycles. The van der Waals surface area contributed by atoms with E-state index in [1.807, 2.05) is 0 Å². The van der Waals surface area contributed by atoms with Gasteiger partial charge in [-0.3, -0.25) is 13.9 Å². The van der Waals surface area contributed by atoms with Crippen LogP contribution in [-0.2, 0) is 14.8 Å². The third kappa shape index (κ3) is 4.95. The Morgan fingerprint density at radius 2 is 1.82 bits per heavy atom. The van der Waals surface area contributed by atoms with Crippen molar-refractivity contribution in [2.24, 2.45) is 5.73 Å². The molecule has 0 bridgehead atoms. The van der Waals surface area contributed by atoms with Crippen LogP contribution in [0, 0.1) is 0 Å². The molecule has 0 aromatic heterocycles. The van der Waals surface area contributed by atoms with E-state index in [1.54, 1.807) is 19.1 Å². The van der Waals surface area contributed by atoms with Gasteiger partial charge in [0.1, 0.15) is 6.04 Å². The number of anilines is 2. The summed E-state index contributed by atoms with van der Waals surface area (Å²) in [5.41, 5.74) is 5.70. The molecule has 0 unspecified atom stereocenters. The van der Waals surface area contributed by atoms with Crippen molar-refractivity contribution in [2.45, 2.75) is 19.4 Å². The summed E-state index contributed by atoms with van der Waals surface area (Å²) in [4.78, 5) is 24.5. The van der Waals surface area contributed by atoms with Crippen LogP contribution in [0.4, 0.5) is 11.4 Å². The number of nitrogens with two attached hydrogens (primary N) is 1. The maximum absolute atomic E-state index is 12.9. The molecule has 1 atom stereocenters. The lowest BCUT2D eigenvalue weighted by molar-refractivity contribution is -0.117. The fraction of sp³-hybridized carbons (Fsp3) is 0.222. The first kappa shape index (κ1) is 22.0. The zero-order chi connectivity index (χ0) is 21.1. The van der Waals surface area contributed by atoms with Crippen LogP contribution in [-0.4, -0.2) is 32.5 Å². The van der Waals surface area contributed by atoms with Crippen molar-refractivity contribution in [3.63, 3.8) is 0 Å². The molecule has 0 saturated heterocycles. The topological polar surface area (TPSA) is 110 Å². The van der Waals surface area contributed by atoms with E-state index in [9.17, 15) is 18.0 Å². The largest absolute Gasteiger partial charge is 0.366 e. The molecular formula is C18H19Cl2N3O4S. The van der Waals surface area contributed by atoms with Gasteiger partial charge in [0.05, 0.1) is 28.2 Å². The number of rotatable bonds is 7. The molecule has 7 nitrogen and oxygen atoms in total. The highest BCUT2D eigenvalue weighted by atomic mass is 35.5. The molecule has 3 N–H and O–H groups in total. The molecule has 150 valence electrons. The van der Waals surface area contributed by atoms with E-state index in [-0.39, 0.29) is 33.4 Å². The van der Waals surface area contributed by atoms with Gasteiger partial charge in [-0.05, 0) is 36.8 Å². The lowest BCUT2D eigenvalue weighted by atomic mass is 10.1. The van der Waals surface area contributed by atoms with Gasteiger partial charge in [0.25, 0.3) is 5.91 Å². The number of para-hydroxylation sites is 1. The Morgan fingerprint density at radius 1 is 1.18 bits per heavy atom. The zero-order valence-corrected chi connectivity index (χ0v) is 17.5. The lowest BCUT2D eigenvalue weighted by Crippen LogP contribution is -2.47. The molecule has 2 rings (SSSR count). The van der Waals surface area contributed by atoms with Gasteiger partial charge in [-0.2, -0.15) is 0 Å². The summed E-state index contributed by atoms with van der Waals surface area (Å²) in [6.07, 6.45) is 1.11. The van der Waals surface area contributed by atoms with Crippen LogP contribution < -0.4 is 15.4 Å². The molecule has 10 heteroatoms. The molecule has 0 fully saturated rings. The Balaban J connectivity index is 2.49. The smallest absolute Gasteiger partial charge is 0.250 e. The minimum atomic E-state index is -3.89. The summed E-state index contributed by atoms with van der Waals surface area (Å²) in [5.74, 6) is -1.36. The molecule has 0 aliphatic heterocycles. The normalized spacial score (nSPS) is 12.3. The average Bonchev–Trinajstić information content (AvgIpc) is 2.61. The van der Waals surface area contributed by atoms with Crippen LogP contribution in [0.15, 0.2) is 42.5 Å². The van der Waals surface area contributed by atoms with Crippen LogP contribution in [0.1, 0.15) is 23.7 Å². The quantitative estimate of drug-likeness (QED) is 0.683. The average molecular weight is 444 g/mol. The predicted octanol–water partition coefficient (Wildman–Crippen LogP) is 3.28. The van der Waals surface area contributed by atoms with Gasteiger partial charge < -0.3 is 11.1 Å². The number of hydrogen-bond acceptors (Lipinski definition) is 4. The maximum atomic E-state index is 12.9. The van der Waals surface area contributed by atoms with Crippen LogP contribution in [0.2, 0.25) is 10.0 Å². The second kappa shape index (κ2) is 8.81. The molecule has 0 aliphatic rings. The fourth-order valence-corrected chi connectivity index (χ4v) is 4.35. The van der Waals surface area contributed by atoms with Gasteiger partial charge in [-0.1, -0.05) is 42.3 Å². The van der Waals surface area contributed by atoms with Gasteiger partial charge in [-0.15, -0.1) is 0 Å². The highest BCUT2D eigenvalue weighted by Gasteiger charge is 2.33. The van der Waals surface area contributed by atoms with E-state index in [0.29, 0.717) is 0 Å². The van der Waals surface area contributed by atoms with Crippen molar-refractivity contribution in [3.8, 4) is 0 Å². The fourth-order valence-electron chi connectivity index (χ4n) is 2.71. The molecule has 0 aliphatic carbocycles. The SMILES string of the molecule is CC[C@H](C(=O)Nc1ccccc1C(N)=O)N(c1cc(Cl)ccc1Cl)S(C)(=O)=O. The van der Waals surface area contributed by atoms with E-state index < -0.39 is 27.9 Å². The first-order valence-corrected chi connectivity index (χ1v) is 10.8. The minimum absolute atomic E-state index is 0.0850. The third-order valence-electron chi connectivity index (χ3n) is 3.93. The Kier molecular flexibility index (Phi) is 6.92. The molecular weight excluding hydrogens is 425 g/mol. The summed E-state index contributed by atoms with van der Waals surface area (Å²) in [6.45, 7) is 1.65. The van der Waals surface area contributed by atoms with Crippen molar-refractivity contribution < 1.29 is 18.0 Å². The predicted molar refractivity (Wildman–Crippen MR) is 111 cm³/mol. The Bertz CT molecular complexity index is 1010. The van der Waals surface area contributed by atoms with Crippen molar-refractivity contribution in [1.29, 1.82) is 0 Å². The molecule has 2 aromatic carbocycles. The standard InChI is InChI=1S/C18H19Cl2N3O4S/c1-3-15(18(25)22-14-7-5-4-6-12(14)17(21)24)23(28(2,26)27)16-10-11(19)8-9-13(16)20/h4-10,15H,3H2,1-2H3,(H2,21,24)(H,22,25)/t15-/m1/s1. The molecule has 2 amide bonds. The maximum Gasteiger partial charge on any atom is 0.250 e. The number of carbonyl (C=O) groups is 2. The Hall–Kier alpha value is -2.29. The number of nitrogens with one attached hydrogen (secondary N) is 1. The first-order valence-electron chi connectivity index (χ1n) is 8.20. The summed E-state index contributed by atoms with van der Waals surface area (Å²) in [5, 5.41) is 2.97. The van der Waals surface area contributed by atoms with Crippen molar-refractivity contribution >= 4 is 56.4 Å². The summed E-state index contributed by atoms with van der Waals surface area (Å²) < 4.78 is 25.9. The number of carbonyl (C=O) groups excluding carboxylic acids is 2. The van der Waals surface area contributed by atoms with Crippen LogP contribution in [0.3, 0.4) is 0 Å². The number of amides is 2. The van der Waals surface area contributed by atoms with E-state index in [1.165, 1.54) is 30.3 Å². The number of sulfonamides is 1. The zero-order valence-electron chi connectivity index (χ0n) is 15.1. The lowest BCUT2D eigenvalue weighted by Gasteiger charge is -2.31. The van der Waals surface area contributed by atoms with Crippen LogP contribution in [0.5, 0.6) is 0 Å². The van der Waals surface area contributed by atoms with Gasteiger partial charge >= 0.3 is 0 Å². The van der Waals surface area contributed by atoms with Crippen molar-refractivity contribution in [2.75, 3.05) is 15.9 Å². The Labute approximate surface area is 173 Å². The second-order valence-electron chi connectivity index (χ2n) is 5.98. The second-order valence-corrected chi connectivity index (χ2v) is 8.68. The number of halogens is 2. The van der Waals surface area contributed by atoms with E-state index >= 15 is 0 Å². The van der Waals surface area contributed by atoms with Gasteiger partial charge in [0.2, 0.25) is 15.9 Å². The minimum Gasteiger partial charge on any atom is -0.366 e. The molecule has 28 heavy (non-hydrogen) atoms. The van der Waals surface area contributed by atoms with Crippen molar-refractivity contribution in [1.82, 2.24) is 0 Å². The van der Waals surface area contributed by atoms with Crippen LogP contribution in [0.25, 0.3) is 0 Å². The van der Waals surface area contributed by atoms with Gasteiger partial charge in [0, 0.05) is 5.02 Å². The third-order valence-corrected chi connectivity index (χ3v) is 5.65.